The Morgan fingerprint density at radius 3 is 2.10 bits per heavy atom. The van der Waals surface area contributed by atoms with Crippen molar-refractivity contribution in [1.29, 1.82) is 0 Å². The quantitative estimate of drug-likeness (QED) is 0.607. The Morgan fingerprint density at radius 2 is 1.70 bits per heavy atom. The maximum absolute atomic E-state index is 9.08. The second kappa shape index (κ2) is 4.94. The summed E-state index contributed by atoms with van der Waals surface area (Å²) in [7, 11) is 0. The minimum atomic E-state index is -0.0344. The summed E-state index contributed by atoms with van der Waals surface area (Å²) in [6.45, 7) is 0.798. The van der Waals surface area contributed by atoms with Gasteiger partial charge in [-0.05, 0) is 38.1 Å². The van der Waals surface area contributed by atoms with Gasteiger partial charge in [0.15, 0.2) is 0 Å². The summed E-state index contributed by atoms with van der Waals surface area (Å²) in [5.74, 6) is 0.688. The molecule has 2 nitrogen and oxygen atoms in total. The van der Waals surface area contributed by atoms with E-state index in [1.807, 2.05) is 0 Å². The van der Waals surface area contributed by atoms with Crippen LogP contribution in [0.15, 0.2) is 0 Å². The van der Waals surface area contributed by atoms with Crippen molar-refractivity contribution in [2.24, 2.45) is 11.7 Å². The Balaban J connectivity index is 0.000000810. The number of rotatable bonds is 1. The first-order chi connectivity index (χ1) is 4.33. The highest BCUT2D eigenvalue weighted by atomic mass is 35.5. The van der Waals surface area contributed by atoms with Crippen LogP contribution in [0.3, 0.4) is 0 Å². The molecular formula is C7H16ClNO. The molecule has 3 heteroatoms. The van der Waals surface area contributed by atoms with Gasteiger partial charge in [0.25, 0.3) is 0 Å². The van der Waals surface area contributed by atoms with Gasteiger partial charge in [0, 0.05) is 0 Å². The lowest BCUT2D eigenvalue weighted by atomic mass is 9.88. The van der Waals surface area contributed by atoms with Gasteiger partial charge in [-0.25, -0.2) is 0 Å². The van der Waals surface area contributed by atoms with Crippen molar-refractivity contribution in [3.8, 4) is 0 Å². The Kier molecular flexibility index (Phi) is 5.04. The maximum Gasteiger partial charge on any atom is 0.0540 e. The van der Waals surface area contributed by atoms with Gasteiger partial charge in [-0.15, -0.1) is 12.4 Å². The van der Waals surface area contributed by atoms with E-state index in [0.29, 0.717) is 5.92 Å². The van der Waals surface area contributed by atoms with E-state index in [-0.39, 0.29) is 18.5 Å². The first-order valence-corrected chi connectivity index (χ1v) is 3.71. The van der Waals surface area contributed by atoms with Gasteiger partial charge in [-0.3, -0.25) is 0 Å². The fourth-order valence-corrected chi connectivity index (χ4v) is 1.38. The molecule has 0 spiro atoms. The predicted octanol–water partition coefficient (Wildman–Crippen LogP) is 0.918. The van der Waals surface area contributed by atoms with Crippen LogP contribution in [0.1, 0.15) is 25.7 Å². The number of nitrogens with two attached hydrogens (primary N) is 1. The third kappa shape index (κ3) is 2.86. The second-order valence-electron chi connectivity index (χ2n) is 2.91. The van der Waals surface area contributed by atoms with Gasteiger partial charge >= 0.3 is 0 Å². The van der Waals surface area contributed by atoms with Gasteiger partial charge in [-0.2, -0.15) is 0 Å². The van der Waals surface area contributed by atoms with Crippen molar-refractivity contribution in [3.63, 3.8) is 0 Å². The number of hydrogen-bond donors (Lipinski definition) is 2. The van der Waals surface area contributed by atoms with E-state index in [2.05, 4.69) is 0 Å². The Morgan fingerprint density at radius 1 is 1.20 bits per heavy atom. The molecule has 1 aliphatic rings. The maximum atomic E-state index is 9.08. The fraction of sp³-hybridized carbons (Fsp3) is 1.00. The summed E-state index contributed by atoms with van der Waals surface area (Å²) >= 11 is 0. The zero-order valence-electron chi connectivity index (χ0n) is 6.12. The molecule has 1 saturated carbocycles. The molecule has 0 atom stereocenters. The van der Waals surface area contributed by atoms with Crippen LogP contribution >= 0.6 is 12.4 Å². The molecule has 0 aliphatic heterocycles. The minimum Gasteiger partial charge on any atom is -0.393 e. The Labute approximate surface area is 68.2 Å². The van der Waals surface area contributed by atoms with Crippen LogP contribution in [0.4, 0.5) is 0 Å². The molecule has 0 heterocycles. The molecule has 0 saturated heterocycles. The normalized spacial score (nSPS) is 33.0. The topological polar surface area (TPSA) is 46.2 Å². The predicted molar refractivity (Wildman–Crippen MR) is 44.3 cm³/mol. The van der Waals surface area contributed by atoms with E-state index in [9.17, 15) is 0 Å². The summed E-state index contributed by atoms with van der Waals surface area (Å²) < 4.78 is 0. The lowest BCUT2D eigenvalue weighted by Gasteiger charge is -2.23. The molecule has 1 aliphatic carbocycles. The molecule has 3 N–H and O–H groups in total. The van der Waals surface area contributed by atoms with E-state index in [1.165, 1.54) is 0 Å². The van der Waals surface area contributed by atoms with Crippen LogP contribution in [0.25, 0.3) is 0 Å². The highest BCUT2D eigenvalue weighted by Crippen LogP contribution is 2.22. The second-order valence-corrected chi connectivity index (χ2v) is 2.91. The molecule has 0 radical (unpaired) electrons. The average Bonchev–Trinajstić information content (AvgIpc) is 1.90. The van der Waals surface area contributed by atoms with Crippen LogP contribution in [-0.2, 0) is 0 Å². The van der Waals surface area contributed by atoms with Crippen LogP contribution in [0, 0.1) is 5.92 Å². The van der Waals surface area contributed by atoms with E-state index in [1.54, 1.807) is 0 Å². The van der Waals surface area contributed by atoms with E-state index in [0.717, 1.165) is 32.2 Å². The molecule has 0 bridgehead atoms. The highest BCUT2D eigenvalue weighted by molar-refractivity contribution is 5.85. The van der Waals surface area contributed by atoms with Gasteiger partial charge in [-0.1, -0.05) is 0 Å². The summed E-state index contributed by atoms with van der Waals surface area (Å²) in [4.78, 5) is 0. The molecule has 0 unspecified atom stereocenters. The summed E-state index contributed by atoms with van der Waals surface area (Å²) in [5, 5.41) is 9.08. The molecular weight excluding hydrogens is 150 g/mol. The zero-order chi connectivity index (χ0) is 6.69. The molecule has 0 aromatic carbocycles. The molecule has 10 heavy (non-hydrogen) atoms. The summed E-state index contributed by atoms with van der Waals surface area (Å²) in [5.41, 5.74) is 5.47. The van der Waals surface area contributed by atoms with Crippen LogP contribution in [0.5, 0.6) is 0 Å². The molecule has 1 rings (SSSR count). The van der Waals surface area contributed by atoms with Crippen molar-refractivity contribution in [1.82, 2.24) is 0 Å². The molecule has 0 aromatic heterocycles. The van der Waals surface area contributed by atoms with Crippen molar-refractivity contribution >= 4 is 12.4 Å². The highest BCUT2D eigenvalue weighted by Gasteiger charge is 2.17. The summed E-state index contributed by atoms with van der Waals surface area (Å²) in [6, 6.07) is 0. The third-order valence-corrected chi connectivity index (χ3v) is 2.15. The lowest BCUT2D eigenvalue weighted by molar-refractivity contribution is 0.110. The lowest BCUT2D eigenvalue weighted by Crippen LogP contribution is -2.23. The summed E-state index contributed by atoms with van der Waals surface area (Å²) in [6.07, 6.45) is 4.13. The van der Waals surface area contributed by atoms with Gasteiger partial charge < -0.3 is 10.8 Å². The van der Waals surface area contributed by atoms with Crippen LogP contribution in [-0.4, -0.2) is 17.8 Å². The molecule has 0 aromatic rings. The van der Waals surface area contributed by atoms with E-state index < -0.39 is 0 Å². The first-order valence-electron chi connectivity index (χ1n) is 3.71. The van der Waals surface area contributed by atoms with Gasteiger partial charge in [0.1, 0.15) is 0 Å². The van der Waals surface area contributed by atoms with Gasteiger partial charge in [0.05, 0.1) is 6.10 Å². The monoisotopic (exact) mass is 165 g/mol. The van der Waals surface area contributed by atoms with Crippen molar-refractivity contribution in [2.75, 3.05) is 6.54 Å². The van der Waals surface area contributed by atoms with Gasteiger partial charge in [0.2, 0.25) is 0 Å². The number of halogens is 1. The van der Waals surface area contributed by atoms with Crippen molar-refractivity contribution < 1.29 is 5.11 Å². The zero-order valence-corrected chi connectivity index (χ0v) is 6.94. The van der Waals surface area contributed by atoms with Crippen molar-refractivity contribution in [3.05, 3.63) is 0 Å². The average molecular weight is 166 g/mol. The number of aliphatic hydroxyl groups excluding tert-OH is 1. The van der Waals surface area contributed by atoms with E-state index >= 15 is 0 Å². The molecule has 1 fully saturated rings. The van der Waals surface area contributed by atoms with Crippen LogP contribution < -0.4 is 5.73 Å². The first kappa shape index (κ1) is 10.2. The van der Waals surface area contributed by atoms with Crippen LogP contribution in [0.2, 0.25) is 0 Å². The Hall–Kier alpha value is 0.210. The Bertz CT molecular complexity index is 81.7. The third-order valence-electron chi connectivity index (χ3n) is 2.15. The van der Waals surface area contributed by atoms with E-state index in [4.69, 9.17) is 10.8 Å². The molecule has 62 valence electrons. The van der Waals surface area contributed by atoms with Crippen molar-refractivity contribution in [2.45, 2.75) is 31.8 Å². The number of hydrogen-bond acceptors (Lipinski definition) is 2. The number of aliphatic hydroxyl groups is 1. The smallest absolute Gasteiger partial charge is 0.0540 e. The molecule has 0 amide bonds. The largest absolute Gasteiger partial charge is 0.393 e. The standard InChI is InChI=1S/C7H15NO.ClH/c8-5-6-1-3-7(9)4-2-6;/h6-7,9H,1-5,8H2;1H/t6-,7-;. The minimum absolute atomic E-state index is 0. The fourth-order valence-electron chi connectivity index (χ4n) is 1.38. The SMILES string of the molecule is Cl.NC[C@H]1CC[C@H](O)CC1.